The molecule has 0 aliphatic carbocycles. The number of pyridine rings is 1. The first kappa shape index (κ1) is 24.3. The Kier molecular flexibility index (Phi) is 6.83. The fourth-order valence-electron chi connectivity index (χ4n) is 4.83. The molecule has 3 aromatic rings. The smallest absolute Gasteiger partial charge is 0.232 e. The number of likely N-dealkylation sites (tertiary alicyclic amines) is 1. The van der Waals surface area contributed by atoms with E-state index < -0.39 is 0 Å². The largest absolute Gasteiger partial charge is 0.370 e. The van der Waals surface area contributed by atoms with Crippen molar-refractivity contribution in [2.75, 3.05) is 25.1 Å². The molecule has 2 aliphatic rings. The minimum atomic E-state index is -0.222. The van der Waals surface area contributed by atoms with E-state index in [2.05, 4.69) is 27.7 Å². The van der Waals surface area contributed by atoms with Gasteiger partial charge in [-0.1, -0.05) is 37.4 Å². The van der Waals surface area contributed by atoms with E-state index >= 15 is 0 Å². The lowest BCUT2D eigenvalue weighted by Gasteiger charge is -2.33. The Hall–Kier alpha value is -1.42. The number of carbonyl (C=O) groups is 1. The molecule has 0 aromatic carbocycles. The van der Waals surface area contributed by atoms with Crippen LogP contribution in [0.5, 0.6) is 0 Å². The molecule has 2 aliphatic heterocycles. The van der Waals surface area contributed by atoms with Crippen LogP contribution in [0.25, 0.3) is 20.4 Å². The molecular weight excluding hydrogens is 485 g/mol. The Balaban J connectivity index is 1.64. The van der Waals surface area contributed by atoms with Crippen LogP contribution in [-0.2, 0) is 29.0 Å². The molecule has 0 radical (unpaired) electrons. The molecule has 0 spiro atoms. The van der Waals surface area contributed by atoms with Crippen LogP contribution in [0.3, 0.4) is 0 Å². The summed E-state index contributed by atoms with van der Waals surface area (Å²) in [5, 5.41) is 2.80. The lowest BCUT2D eigenvalue weighted by Crippen LogP contribution is -2.33. The predicted molar refractivity (Wildman–Crippen MR) is 142 cm³/mol. The van der Waals surface area contributed by atoms with Crippen LogP contribution in [0.2, 0.25) is 0 Å². The lowest BCUT2D eigenvalue weighted by atomic mass is 9.88. The number of thiophene rings is 1. The highest BCUT2D eigenvalue weighted by Gasteiger charge is 2.32. The van der Waals surface area contributed by atoms with Gasteiger partial charge in [-0.25, -0.2) is 15.0 Å². The van der Waals surface area contributed by atoms with Crippen molar-refractivity contribution in [3.63, 3.8) is 0 Å². The summed E-state index contributed by atoms with van der Waals surface area (Å²) in [5.74, 6) is 1.14. The van der Waals surface area contributed by atoms with Crippen molar-refractivity contribution in [2.24, 2.45) is 5.92 Å². The second-order valence-electron chi connectivity index (χ2n) is 10.2. The van der Waals surface area contributed by atoms with Crippen LogP contribution in [0.15, 0.2) is 10.2 Å². The molecule has 0 unspecified atom stereocenters. The molecule has 182 valence electrons. The fourth-order valence-corrected chi connectivity index (χ4v) is 7.42. The van der Waals surface area contributed by atoms with E-state index in [1.54, 1.807) is 34.9 Å². The molecule has 6 nitrogen and oxygen atoms in total. The Morgan fingerprint density at radius 1 is 1.18 bits per heavy atom. The summed E-state index contributed by atoms with van der Waals surface area (Å²) in [5.41, 5.74) is 4.48. The summed E-state index contributed by atoms with van der Waals surface area (Å²) < 4.78 is 7.26. The minimum Gasteiger partial charge on any atom is -0.370 e. The zero-order valence-corrected chi connectivity index (χ0v) is 23.0. The SMILES string of the molecule is CSc1nc(SCC(=O)N2CCCC2)c2sc3nc(CC(C)C)c4c(c3c2n1)CC(C)(C)OC4. The van der Waals surface area contributed by atoms with Crippen molar-refractivity contribution in [1.82, 2.24) is 19.9 Å². The zero-order chi connectivity index (χ0) is 24.0. The number of rotatable bonds is 6. The molecule has 0 saturated carbocycles. The van der Waals surface area contributed by atoms with Crippen molar-refractivity contribution < 1.29 is 9.53 Å². The number of hydrogen-bond acceptors (Lipinski definition) is 8. The summed E-state index contributed by atoms with van der Waals surface area (Å²) in [4.78, 5) is 30.7. The van der Waals surface area contributed by atoms with Crippen LogP contribution in [-0.4, -0.2) is 56.5 Å². The maximum atomic E-state index is 12.7. The average Bonchev–Trinajstić information content (AvgIpc) is 3.44. The highest BCUT2D eigenvalue weighted by molar-refractivity contribution is 8.00. The Bertz CT molecular complexity index is 1250. The van der Waals surface area contributed by atoms with Gasteiger partial charge in [0.1, 0.15) is 9.86 Å². The number of thioether (sulfide) groups is 2. The Labute approximate surface area is 213 Å². The number of fused-ring (bicyclic) bond motifs is 5. The first-order valence-electron chi connectivity index (χ1n) is 12.0. The van der Waals surface area contributed by atoms with Crippen LogP contribution < -0.4 is 0 Å². The van der Waals surface area contributed by atoms with Gasteiger partial charge in [0.2, 0.25) is 5.91 Å². The van der Waals surface area contributed by atoms with Crippen molar-refractivity contribution >= 4 is 61.2 Å². The van der Waals surface area contributed by atoms with Gasteiger partial charge in [-0.2, -0.15) is 0 Å². The third-order valence-electron chi connectivity index (χ3n) is 6.50. The standard InChI is InChI=1S/C25H32N4O2S3/c1-14(2)10-17-16-12-31-25(3,4)11-15(16)19-20-21(34-22(19)26-17)23(28-24(27-20)32-5)33-13-18(30)29-8-6-7-9-29/h14H,6-13H2,1-5H3. The monoisotopic (exact) mass is 516 g/mol. The summed E-state index contributed by atoms with van der Waals surface area (Å²) in [6.45, 7) is 11.1. The van der Waals surface area contributed by atoms with Crippen molar-refractivity contribution in [2.45, 2.75) is 75.8 Å². The minimum absolute atomic E-state index is 0.203. The lowest BCUT2D eigenvalue weighted by molar-refractivity contribution is -0.127. The summed E-state index contributed by atoms with van der Waals surface area (Å²) in [6.07, 6.45) is 6.00. The molecule has 0 atom stereocenters. The van der Waals surface area contributed by atoms with Gasteiger partial charge in [-0.15, -0.1) is 11.3 Å². The normalized spacial score (nSPS) is 17.8. The van der Waals surface area contributed by atoms with Gasteiger partial charge in [-0.3, -0.25) is 4.79 Å². The second-order valence-corrected chi connectivity index (χ2v) is 12.9. The molecule has 3 aromatic heterocycles. The number of amides is 1. The van der Waals surface area contributed by atoms with E-state index in [1.807, 2.05) is 11.2 Å². The first-order valence-corrected chi connectivity index (χ1v) is 15.0. The van der Waals surface area contributed by atoms with Crippen molar-refractivity contribution in [1.29, 1.82) is 0 Å². The van der Waals surface area contributed by atoms with E-state index in [9.17, 15) is 4.79 Å². The van der Waals surface area contributed by atoms with Gasteiger partial charge in [0.15, 0.2) is 5.16 Å². The highest BCUT2D eigenvalue weighted by Crippen LogP contribution is 2.43. The Morgan fingerprint density at radius 2 is 1.94 bits per heavy atom. The van der Waals surface area contributed by atoms with Gasteiger partial charge in [0.25, 0.3) is 0 Å². The van der Waals surface area contributed by atoms with Gasteiger partial charge in [0.05, 0.1) is 28.2 Å². The molecule has 1 saturated heterocycles. The molecule has 9 heteroatoms. The third-order valence-corrected chi connectivity index (χ3v) is 9.22. The van der Waals surface area contributed by atoms with Crippen LogP contribution in [0, 0.1) is 5.92 Å². The maximum Gasteiger partial charge on any atom is 0.232 e. The summed E-state index contributed by atoms with van der Waals surface area (Å²) >= 11 is 4.76. The second kappa shape index (κ2) is 9.56. The van der Waals surface area contributed by atoms with Crippen LogP contribution in [0.1, 0.15) is 57.4 Å². The van der Waals surface area contributed by atoms with E-state index in [0.717, 1.165) is 75.1 Å². The number of hydrogen-bond donors (Lipinski definition) is 0. The Morgan fingerprint density at radius 3 is 2.65 bits per heavy atom. The molecule has 5 rings (SSSR count). The molecule has 34 heavy (non-hydrogen) atoms. The molecule has 1 fully saturated rings. The quantitative estimate of drug-likeness (QED) is 0.236. The van der Waals surface area contributed by atoms with Crippen molar-refractivity contribution in [3.8, 4) is 0 Å². The van der Waals surface area contributed by atoms with E-state index in [0.29, 0.717) is 18.3 Å². The highest BCUT2D eigenvalue weighted by atomic mass is 32.2. The topological polar surface area (TPSA) is 68.2 Å². The molecule has 0 N–H and O–H groups in total. The number of aromatic nitrogens is 3. The van der Waals surface area contributed by atoms with Gasteiger partial charge >= 0.3 is 0 Å². The van der Waals surface area contributed by atoms with Gasteiger partial charge in [-0.05, 0) is 50.8 Å². The predicted octanol–water partition coefficient (Wildman–Crippen LogP) is 5.73. The summed E-state index contributed by atoms with van der Waals surface area (Å²) in [6, 6.07) is 0. The average molecular weight is 517 g/mol. The molecule has 5 heterocycles. The number of ether oxygens (including phenoxy) is 1. The first-order chi connectivity index (χ1) is 16.3. The third kappa shape index (κ3) is 4.68. The molecule has 0 bridgehead atoms. The van der Waals surface area contributed by atoms with Crippen LogP contribution >= 0.6 is 34.9 Å². The zero-order valence-electron chi connectivity index (χ0n) is 20.6. The molecule has 1 amide bonds. The fraction of sp³-hybridized carbons (Fsp3) is 0.600. The van der Waals surface area contributed by atoms with E-state index in [4.69, 9.17) is 19.7 Å². The van der Waals surface area contributed by atoms with E-state index in [-0.39, 0.29) is 11.5 Å². The summed E-state index contributed by atoms with van der Waals surface area (Å²) in [7, 11) is 0. The number of carbonyl (C=O) groups excluding carboxylic acids is 1. The van der Waals surface area contributed by atoms with Gasteiger partial charge < -0.3 is 9.64 Å². The van der Waals surface area contributed by atoms with E-state index in [1.165, 1.54) is 11.1 Å². The number of nitrogens with zero attached hydrogens (tertiary/aromatic N) is 4. The van der Waals surface area contributed by atoms with Gasteiger partial charge in [0, 0.05) is 36.2 Å². The maximum absolute atomic E-state index is 12.7. The molecular formula is C25H32N4O2S3. The van der Waals surface area contributed by atoms with Crippen LogP contribution in [0.4, 0.5) is 0 Å². The van der Waals surface area contributed by atoms with Crippen molar-refractivity contribution in [3.05, 3.63) is 16.8 Å².